The first-order chi connectivity index (χ1) is 6.25. The van der Waals surface area contributed by atoms with Crippen LogP contribution < -0.4 is 5.32 Å². The standard InChI is InChI=1S/C6H4N4O3/c11-6(12)10-5-9-3-1-7-2-8-4(3)13-5/h1-2H,(H,9,10)(H,11,12). The summed E-state index contributed by atoms with van der Waals surface area (Å²) < 4.78 is 4.92. The quantitative estimate of drug-likeness (QED) is 0.670. The molecule has 0 bridgehead atoms. The number of fused-ring (bicyclic) bond motifs is 1. The Morgan fingerprint density at radius 3 is 3.15 bits per heavy atom. The molecule has 0 radical (unpaired) electrons. The molecular weight excluding hydrogens is 176 g/mol. The van der Waals surface area contributed by atoms with E-state index in [1.807, 2.05) is 5.32 Å². The minimum atomic E-state index is -1.24. The van der Waals surface area contributed by atoms with E-state index in [4.69, 9.17) is 9.52 Å². The van der Waals surface area contributed by atoms with Gasteiger partial charge in [-0.3, -0.25) is 0 Å². The Morgan fingerprint density at radius 1 is 1.62 bits per heavy atom. The minimum Gasteiger partial charge on any atom is -0.465 e. The van der Waals surface area contributed by atoms with E-state index in [0.29, 0.717) is 5.52 Å². The van der Waals surface area contributed by atoms with Crippen molar-refractivity contribution in [3.8, 4) is 0 Å². The lowest BCUT2D eigenvalue weighted by Gasteiger charge is -1.88. The van der Waals surface area contributed by atoms with Crippen LogP contribution in [0.4, 0.5) is 10.8 Å². The zero-order chi connectivity index (χ0) is 9.26. The molecule has 13 heavy (non-hydrogen) atoms. The molecule has 0 atom stereocenters. The van der Waals surface area contributed by atoms with Crippen LogP contribution in [-0.4, -0.2) is 26.2 Å². The first-order valence-electron chi connectivity index (χ1n) is 3.32. The fourth-order valence-corrected chi connectivity index (χ4v) is 0.835. The summed E-state index contributed by atoms with van der Waals surface area (Å²) in [5.41, 5.74) is 0.657. The highest BCUT2D eigenvalue weighted by atomic mass is 16.4. The number of carboxylic acid groups (broad SMARTS) is 1. The van der Waals surface area contributed by atoms with Crippen molar-refractivity contribution in [2.75, 3.05) is 5.32 Å². The van der Waals surface area contributed by atoms with Gasteiger partial charge >= 0.3 is 12.1 Å². The summed E-state index contributed by atoms with van der Waals surface area (Å²) in [6.45, 7) is 0. The molecule has 0 aromatic carbocycles. The van der Waals surface area contributed by atoms with Crippen LogP contribution in [0.3, 0.4) is 0 Å². The first-order valence-corrected chi connectivity index (χ1v) is 3.32. The topological polar surface area (TPSA) is 101 Å². The molecule has 0 fully saturated rings. The predicted octanol–water partition coefficient (Wildman–Crippen LogP) is 0.708. The van der Waals surface area contributed by atoms with Gasteiger partial charge in [-0.1, -0.05) is 0 Å². The SMILES string of the molecule is O=C(O)Nc1nc2cncnc2o1. The molecule has 0 saturated carbocycles. The number of anilines is 1. The Bertz CT molecular complexity index is 419. The molecule has 0 aliphatic rings. The molecule has 2 aromatic heterocycles. The van der Waals surface area contributed by atoms with E-state index in [2.05, 4.69) is 15.0 Å². The van der Waals surface area contributed by atoms with Crippen LogP contribution in [0.1, 0.15) is 0 Å². The van der Waals surface area contributed by atoms with Crippen LogP contribution in [0.25, 0.3) is 11.2 Å². The molecular formula is C6H4N4O3. The number of oxazole rings is 1. The summed E-state index contributed by atoms with van der Waals surface area (Å²) in [7, 11) is 0. The first kappa shape index (κ1) is 7.47. The number of amides is 1. The normalized spacial score (nSPS) is 10.2. The molecule has 7 nitrogen and oxygen atoms in total. The third-order valence-electron chi connectivity index (χ3n) is 1.29. The molecule has 1 amide bonds. The van der Waals surface area contributed by atoms with Crippen molar-refractivity contribution < 1.29 is 14.3 Å². The molecule has 66 valence electrons. The molecule has 2 N–H and O–H groups in total. The van der Waals surface area contributed by atoms with Gasteiger partial charge in [-0.15, -0.1) is 0 Å². The van der Waals surface area contributed by atoms with Crippen LogP contribution in [0, 0.1) is 0 Å². The van der Waals surface area contributed by atoms with E-state index in [0.717, 1.165) is 0 Å². The lowest BCUT2D eigenvalue weighted by molar-refractivity contribution is 0.209. The summed E-state index contributed by atoms with van der Waals surface area (Å²) in [4.78, 5) is 21.4. The van der Waals surface area contributed by atoms with Gasteiger partial charge in [-0.05, 0) is 0 Å². The third-order valence-corrected chi connectivity index (χ3v) is 1.29. The van der Waals surface area contributed by atoms with Crippen molar-refractivity contribution in [1.29, 1.82) is 0 Å². The number of hydrogen-bond acceptors (Lipinski definition) is 5. The summed E-state index contributed by atoms with van der Waals surface area (Å²) in [6, 6.07) is -0.108. The number of nitrogens with zero attached hydrogens (tertiary/aromatic N) is 3. The monoisotopic (exact) mass is 180 g/mol. The number of aromatic nitrogens is 3. The van der Waals surface area contributed by atoms with Gasteiger partial charge in [0.25, 0.3) is 5.71 Å². The maximum atomic E-state index is 10.2. The average Bonchev–Trinajstić information content (AvgIpc) is 2.44. The Balaban J connectivity index is 2.44. The van der Waals surface area contributed by atoms with E-state index in [9.17, 15) is 4.79 Å². The van der Waals surface area contributed by atoms with Crippen LogP contribution in [0.15, 0.2) is 16.9 Å². The van der Waals surface area contributed by atoms with E-state index >= 15 is 0 Å². The van der Waals surface area contributed by atoms with Crippen LogP contribution in [0.2, 0.25) is 0 Å². The van der Waals surface area contributed by atoms with Crippen molar-refractivity contribution in [2.24, 2.45) is 0 Å². The molecule has 2 rings (SSSR count). The fraction of sp³-hybridized carbons (Fsp3) is 0. The maximum Gasteiger partial charge on any atom is 0.412 e. The van der Waals surface area contributed by atoms with Gasteiger partial charge in [0.2, 0.25) is 0 Å². The fourth-order valence-electron chi connectivity index (χ4n) is 0.835. The molecule has 0 aliphatic heterocycles. The third kappa shape index (κ3) is 1.39. The number of nitrogens with one attached hydrogen (secondary N) is 1. The van der Waals surface area contributed by atoms with E-state index in [-0.39, 0.29) is 11.7 Å². The highest BCUT2D eigenvalue weighted by molar-refractivity contribution is 5.81. The lowest BCUT2D eigenvalue weighted by Crippen LogP contribution is -2.06. The molecule has 7 heteroatoms. The van der Waals surface area contributed by atoms with Crippen LogP contribution >= 0.6 is 0 Å². The summed E-state index contributed by atoms with van der Waals surface area (Å²) >= 11 is 0. The van der Waals surface area contributed by atoms with E-state index in [1.165, 1.54) is 12.5 Å². The maximum absolute atomic E-state index is 10.2. The van der Waals surface area contributed by atoms with Gasteiger partial charge in [0.15, 0.2) is 0 Å². The van der Waals surface area contributed by atoms with E-state index in [1.54, 1.807) is 0 Å². The second-order valence-corrected chi connectivity index (χ2v) is 2.16. The largest absolute Gasteiger partial charge is 0.465 e. The van der Waals surface area contributed by atoms with Crippen LogP contribution in [0.5, 0.6) is 0 Å². The highest BCUT2D eigenvalue weighted by Crippen LogP contribution is 2.14. The average molecular weight is 180 g/mol. The Kier molecular flexibility index (Phi) is 1.55. The molecule has 2 heterocycles. The van der Waals surface area contributed by atoms with Crippen molar-refractivity contribution in [1.82, 2.24) is 15.0 Å². The van der Waals surface area contributed by atoms with Gasteiger partial charge < -0.3 is 9.52 Å². The summed E-state index contributed by atoms with van der Waals surface area (Å²) in [5.74, 6) is 0. The minimum absolute atomic E-state index is 0.108. The molecule has 0 unspecified atom stereocenters. The van der Waals surface area contributed by atoms with Gasteiger partial charge in [-0.2, -0.15) is 9.97 Å². The molecule has 0 spiro atoms. The van der Waals surface area contributed by atoms with Crippen molar-refractivity contribution in [2.45, 2.75) is 0 Å². The Labute approximate surface area is 71.4 Å². The van der Waals surface area contributed by atoms with Crippen molar-refractivity contribution >= 4 is 23.3 Å². The zero-order valence-electron chi connectivity index (χ0n) is 6.26. The van der Waals surface area contributed by atoms with Crippen molar-refractivity contribution in [3.05, 3.63) is 12.5 Å². The predicted molar refractivity (Wildman–Crippen MR) is 41.2 cm³/mol. The van der Waals surface area contributed by atoms with Gasteiger partial charge in [0, 0.05) is 0 Å². The van der Waals surface area contributed by atoms with Crippen molar-refractivity contribution in [3.63, 3.8) is 0 Å². The number of carbonyl (C=O) groups is 1. The van der Waals surface area contributed by atoms with Gasteiger partial charge in [0.05, 0.1) is 6.20 Å². The number of rotatable bonds is 1. The number of hydrogen-bond donors (Lipinski definition) is 2. The second kappa shape index (κ2) is 2.70. The van der Waals surface area contributed by atoms with E-state index < -0.39 is 6.09 Å². The smallest absolute Gasteiger partial charge is 0.412 e. The Hall–Kier alpha value is -2.18. The van der Waals surface area contributed by atoms with Gasteiger partial charge in [0.1, 0.15) is 11.8 Å². The zero-order valence-corrected chi connectivity index (χ0v) is 6.26. The molecule has 2 aromatic rings. The highest BCUT2D eigenvalue weighted by Gasteiger charge is 2.07. The Morgan fingerprint density at radius 2 is 2.46 bits per heavy atom. The lowest BCUT2D eigenvalue weighted by atomic mass is 10.6. The van der Waals surface area contributed by atoms with Gasteiger partial charge in [-0.25, -0.2) is 15.1 Å². The molecule has 0 aliphatic carbocycles. The second-order valence-electron chi connectivity index (χ2n) is 2.16. The molecule has 0 saturated heterocycles. The van der Waals surface area contributed by atoms with Crippen LogP contribution in [-0.2, 0) is 0 Å². The summed E-state index contributed by atoms with van der Waals surface area (Å²) in [5, 5.41) is 10.3. The summed E-state index contributed by atoms with van der Waals surface area (Å²) in [6.07, 6.45) is 1.48.